The lowest BCUT2D eigenvalue weighted by Gasteiger charge is -2.08. The summed E-state index contributed by atoms with van der Waals surface area (Å²) >= 11 is 6.68. The third-order valence-corrected chi connectivity index (χ3v) is 4.98. The van der Waals surface area contributed by atoms with Gasteiger partial charge in [0.25, 0.3) is 0 Å². The van der Waals surface area contributed by atoms with Crippen molar-refractivity contribution in [3.8, 4) is 0 Å². The monoisotopic (exact) mass is 472 g/mol. The maximum Gasteiger partial charge on any atom is 0.338 e. The van der Waals surface area contributed by atoms with Crippen LogP contribution >= 0.6 is 31.9 Å². The fourth-order valence-electron chi connectivity index (χ4n) is 2.89. The van der Waals surface area contributed by atoms with E-state index in [4.69, 9.17) is 9.47 Å². The Morgan fingerprint density at radius 2 is 1.96 bits per heavy atom. The van der Waals surface area contributed by atoms with E-state index in [1.54, 1.807) is 18.2 Å². The molecule has 0 N–H and O–H groups in total. The van der Waals surface area contributed by atoms with Gasteiger partial charge >= 0.3 is 11.9 Å². The van der Waals surface area contributed by atoms with Crippen molar-refractivity contribution in [2.75, 3.05) is 6.61 Å². The normalized spacial score (nSPS) is 20.5. The van der Waals surface area contributed by atoms with Crippen molar-refractivity contribution in [1.29, 1.82) is 0 Å². The molecule has 0 spiro atoms. The molecule has 0 radical (unpaired) electrons. The Balaban J connectivity index is 1.94. The van der Waals surface area contributed by atoms with Gasteiger partial charge in [-0.15, -0.1) is 0 Å². The standard InChI is InChI=1S/C19H22Br2O4/c1-4-8-24-17(22)13-7-5-6-12(9-13)11-25-18(23)16-14(10-15(20)21)19(16,2)3/h5-7,9-10,14,16H,4,8,11H2,1-3H3/t14-,16-/m0/s1. The molecular weight excluding hydrogens is 452 g/mol. The lowest BCUT2D eigenvalue weighted by molar-refractivity contribution is -0.147. The van der Waals surface area contributed by atoms with Crippen LogP contribution < -0.4 is 0 Å². The Labute approximate surface area is 165 Å². The summed E-state index contributed by atoms with van der Waals surface area (Å²) in [5, 5.41) is 0. The fraction of sp³-hybridized carbons (Fsp3) is 0.474. The Morgan fingerprint density at radius 3 is 2.60 bits per heavy atom. The van der Waals surface area contributed by atoms with Gasteiger partial charge in [-0.05, 0) is 67.3 Å². The molecular formula is C19H22Br2O4. The van der Waals surface area contributed by atoms with Crippen LogP contribution in [0.15, 0.2) is 33.7 Å². The minimum Gasteiger partial charge on any atom is -0.462 e. The summed E-state index contributed by atoms with van der Waals surface area (Å²) in [6, 6.07) is 6.99. The molecule has 2 atom stereocenters. The van der Waals surface area contributed by atoms with Crippen molar-refractivity contribution in [2.24, 2.45) is 17.3 Å². The zero-order valence-corrected chi connectivity index (χ0v) is 17.7. The molecule has 1 fully saturated rings. The van der Waals surface area contributed by atoms with Crippen LogP contribution in [0.1, 0.15) is 43.1 Å². The molecule has 0 unspecified atom stereocenters. The van der Waals surface area contributed by atoms with Gasteiger partial charge in [0, 0.05) is 0 Å². The summed E-state index contributed by atoms with van der Waals surface area (Å²) in [4.78, 5) is 24.3. The van der Waals surface area contributed by atoms with Crippen molar-refractivity contribution in [1.82, 2.24) is 0 Å². The number of hydrogen-bond acceptors (Lipinski definition) is 4. The molecule has 1 aliphatic carbocycles. The van der Waals surface area contributed by atoms with Gasteiger partial charge in [0.15, 0.2) is 0 Å². The first kappa shape index (κ1) is 20.2. The number of allylic oxidation sites excluding steroid dienone is 1. The summed E-state index contributed by atoms with van der Waals surface area (Å²) in [6.45, 7) is 6.58. The van der Waals surface area contributed by atoms with E-state index in [1.807, 2.05) is 32.9 Å². The first-order valence-corrected chi connectivity index (χ1v) is 9.81. The molecule has 0 amide bonds. The molecule has 25 heavy (non-hydrogen) atoms. The highest BCUT2D eigenvalue weighted by molar-refractivity contribution is 9.28. The van der Waals surface area contributed by atoms with Crippen LogP contribution in [0.5, 0.6) is 0 Å². The molecule has 2 rings (SSSR count). The van der Waals surface area contributed by atoms with Gasteiger partial charge in [-0.25, -0.2) is 4.79 Å². The molecule has 136 valence electrons. The zero-order chi connectivity index (χ0) is 18.6. The van der Waals surface area contributed by atoms with Crippen LogP contribution in [0.4, 0.5) is 0 Å². The van der Waals surface area contributed by atoms with Crippen LogP contribution in [0.25, 0.3) is 0 Å². The van der Waals surface area contributed by atoms with Gasteiger partial charge in [-0.3, -0.25) is 4.79 Å². The van der Waals surface area contributed by atoms with Crippen molar-refractivity contribution >= 4 is 43.8 Å². The number of carbonyl (C=O) groups excluding carboxylic acids is 2. The first-order valence-electron chi connectivity index (χ1n) is 8.23. The average molecular weight is 474 g/mol. The van der Waals surface area contributed by atoms with E-state index in [0.29, 0.717) is 12.2 Å². The first-order chi connectivity index (χ1) is 11.8. The highest BCUT2D eigenvalue weighted by Crippen LogP contribution is 2.60. The SMILES string of the molecule is CCCOC(=O)c1cccc(COC(=O)[C@@H]2[C@H](C=C(Br)Br)C2(C)C)c1. The molecule has 0 heterocycles. The Kier molecular flexibility index (Phi) is 6.86. The Bertz CT molecular complexity index is 678. The summed E-state index contributed by atoms with van der Waals surface area (Å²) in [7, 11) is 0. The van der Waals surface area contributed by atoms with E-state index >= 15 is 0 Å². The van der Waals surface area contributed by atoms with E-state index in [9.17, 15) is 9.59 Å². The van der Waals surface area contributed by atoms with Crippen LogP contribution in [0.3, 0.4) is 0 Å². The number of halogens is 2. The lowest BCUT2D eigenvalue weighted by Crippen LogP contribution is -2.11. The molecule has 1 aliphatic rings. The van der Waals surface area contributed by atoms with Crippen molar-refractivity contribution < 1.29 is 19.1 Å². The lowest BCUT2D eigenvalue weighted by atomic mass is 10.1. The number of rotatable bonds is 7. The molecule has 0 bridgehead atoms. The van der Waals surface area contributed by atoms with Crippen molar-refractivity contribution in [3.05, 3.63) is 44.9 Å². The minimum absolute atomic E-state index is 0.115. The minimum atomic E-state index is -0.356. The number of carbonyl (C=O) groups is 2. The van der Waals surface area contributed by atoms with Gasteiger partial charge < -0.3 is 9.47 Å². The van der Waals surface area contributed by atoms with E-state index in [-0.39, 0.29) is 35.8 Å². The Morgan fingerprint density at radius 1 is 1.24 bits per heavy atom. The molecule has 1 aromatic carbocycles. The predicted octanol–water partition coefficient (Wildman–Crippen LogP) is 5.20. The molecule has 0 aromatic heterocycles. The quantitative estimate of drug-likeness (QED) is 0.510. The van der Waals surface area contributed by atoms with Crippen molar-refractivity contribution in [2.45, 2.75) is 33.8 Å². The molecule has 1 aromatic rings. The third kappa shape index (κ3) is 5.17. The van der Waals surface area contributed by atoms with Crippen LogP contribution in [0, 0.1) is 17.3 Å². The fourth-order valence-corrected chi connectivity index (χ4v) is 3.45. The Hall–Kier alpha value is -1.14. The van der Waals surface area contributed by atoms with E-state index < -0.39 is 0 Å². The zero-order valence-electron chi connectivity index (χ0n) is 14.6. The third-order valence-electron chi connectivity index (χ3n) is 4.45. The second kappa shape index (κ2) is 8.49. The topological polar surface area (TPSA) is 52.6 Å². The van der Waals surface area contributed by atoms with Gasteiger partial charge in [-0.1, -0.05) is 39.0 Å². The summed E-state index contributed by atoms with van der Waals surface area (Å²) in [5.74, 6) is -0.586. The predicted molar refractivity (Wildman–Crippen MR) is 104 cm³/mol. The number of hydrogen-bond donors (Lipinski definition) is 0. The van der Waals surface area contributed by atoms with E-state index in [1.165, 1.54) is 0 Å². The van der Waals surface area contributed by atoms with E-state index in [2.05, 4.69) is 31.9 Å². The van der Waals surface area contributed by atoms with Gasteiger partial charge in [-0.2, -0.15) is 0 Å². The molecule has 0 saturated heterocycles. The largest absolute Gasteiger partial charge is 0.462 e. The van der Waals surface area contributed by atoms with Gasteiger partial charge in [0.1, 0.15) is 6.61 Å². The summed E-state index contributed by atoms with van der Waals surface area (Å²) in [6.07, 6.45) is 2.76. The highest BCUT2D eigenvalue weighted by Gasteiger charge is 2.61. The maximum atomic E-state index is 12.4. The number of benzene rings is 1. The van der Waals surface area contributed by atoms with Gasteiger partial charge in [0.05, 0.1) is 21.5 Å². The van der Waals surface area contributed by atoms with Crippen LogP contribution in [0.2, 0.25) is 0 Å². The summed E-state index contributed by atoms with van der Waals surface area (Å²) in [5.41, 5.74) is 1.12. The number of ether oxygens (including phenoxy) is 2. The van der Waals surface area contributed by atoms with Crippen molar-refractivity contribution in [3.63, 3.8) is 0 Å². The summed E-state index contributed by atoms with van der Waals surface area (Å²) < 4.78 is 11.4. The average Bonchev–Trinajstić information content (AvgIpc) is 3.10. The maximum absolute atomic E-state index is 12.4. The van der Waals surface area contributed by atoms with Crippen LogP contribution in [-0.2, 0) is 20.9 Å². The van der Waals surface area contributed by atoms with E-state index in [0.717, 1.165) is 15.4 Å². The van der Waals surface area contributed by atoms with Crippen LogP contribution in [-0.4, -0.2) is 18.5 Å². The second-order valence-corrected chi connectivity index (χ2v) is 9.50. The highest BCUT2D eigenvalue weighted by atomic mass is 79.9. The molecule has 4 nitrogen and oxygen atoms in total. The smallest absolute Gasteiger partial charge is 0.338 e. The number of esters is 2. The van der Waals surface area contributed by atoms with Gasteiger partial charge in [0.2, 0.25) is 0 Å². The molecule has 6 heteroatoms. The second-order valence-electron chi connectivity index (χ2n) is 6.73. The molecule has 1 saturated carbocycles. The molecule has 0 aliphatic heterocycles.